The van der Waals surface area contributed by atoms with E-state index in [2.05, 4.69) is 63.8 Å². The molecule has 764 valence electrons. The number of carbonyl (C=O) groups is 12. The molecular weight excluding hydrogens is 2150 g/mol. The summed E-state index contributed by atoms with van der Waals surface area (Å²) in [6, 6.07) is 0. The second kappa shape index (κ2) is 106. The quantitative estimate of drug-likeness (QED) is 0.0162. The Bertz CT molecular complexity index is 4310. The smallest absolute Gasteiger partial charge is 0.512 e. The van der Waals surface area contributed by atoms with Crippen molar-refractivity contribution in [1.82, 2.24) is 63.8 Å². The van der Waals surface area contributed by atoms with Crippen molar-refractivity contribution < 1.29 is 210 Å². The standard InChI is InChI=1S/6C16H16N2O2.6CN.Fe.6Mn.6H2O/c6*19-15-7-3-1-5-13(15)11-17-9-10-18-12-14-6-2-4-8-16(14)20;6*1-2;;;;;;;;;;;;;/h6*1-8,11-12,17-18H,9-10H2;;;;;;;;;;;;;;6*1H2/q;;;;;;6*-1;+6;;;;;;;;;;;;/p+6. The number of nitrogens with zero attached hydrogens (tertiary/aromatic N) is 6. The Morgan fingerprint density at radius 3 is 0.248 bits per heavy atom. The van der Waals surface area contributed by atoms with E-state index in [9.17, 15) is 57.5 Å². The predicted octanol–water partition coefficient (Wildman–Crippen LogP) is 2.97. The molecule has 0 aromatic rings. The van der Waals surface area contributed by atoms with Crippen LogP contribution in [0, 0.1) is 71.0 Å². The molecule has 0 fully saturated rings. The van der Waals surface area contributed by atoms with Crippen LogP contribution in [0.25, 0.3) is 0 Å². The van der Waals surface area contributed by atoms with Crippen molar-refractivity contribution in [2.45, 2.75) is 0 Å². The average Bonchev–Trinajstić information content (AvgIpc) is 0.908. The molecule has 36 nitrogen and oxygen atoms in total. The van der Waals surface area contributed by atoms with Crippen molar-refractivity contribution >= 4 is 69.4 Å². The molecule has 0 spiro atoms. The van der Waals surface area contributed by atoms with Gasteiger partial charge in [-0.25, -0.2) is 0 Å². The van der Waals surface area contributed by atoms with E-state index in [4.69, 9.17) is 71.0 Å². The number of hydrogen-bond donors (Lipinski definition) is 12. The summed E-state index contributed by atoms with van der Waals surface area (Å²) in [4.78, 5) is 137. The van der Waals surface area contributed by atoms with Gasteiger partial charge in [0.2, 0.25) is 0 Å². The van der Waals surface area contributed by atoms with Crippen molar-refractivity contribution in [2.75, 3.05) is 78.5 Å². The summed E-state index contributed by atoms with van der Waals surface area (Å²) < 4.78 is 0. The van der Waals surface area contributed by atoms with Crippen LogP contribution in [0.15, 0.2) is 433 Å². The molecule has 12 aliphatic rings. The molecular formula is C102H114FeMn6N18O18+6. The Balaban J connectivity index is -0.000000126. The number of rotatable bonds is 30. The van der Waals surface area contributed by atoms with Crippen LogP contribution in [-0.2, 0) is 210 Å². The molecule has 0 unspecified atom stereocenters. The van der Waals surface area contributed by atoms with Gasteiger partial charge in [-0.2, -0.15) is 0 Å². The second-order valence-corrected chi connectivity index (χ2v) is 25.6. The van der Waals surface area contributed by atoms with E-state index in [1.165, 1.54) is 72.9 Å². The topological polar surface area (TPSA) is 690 Å². The number of allylic oxidation sites excluding steroid dienone is 60. The third-order valence-corrected chi connectivity index (χ3v) is 16.6. The molecule has 145 heavy (non-hydrogen) atoms. The third-order valence-electron chi connectivity index (χ3n) is 16.6. The summed E-state index contributed by atoms with van der Waals surface area (Å²) in [6.07, 6.45) is 103. The maximum Gasteiger partial charge on any atom is 6.00 e. The van der Waals surface area contributed by atoms with Gasteiger partial charge in [0.25, 0.3) is 0 Å². The van der Waals surface area contributed by atoms with E-state index in [-0.39, 0.29) is 222 Å². The zero-order valence-corrected chi connectivity index (χ0v) is 86.0. The Kier molecular flexibility index (Phi) is 115. The summed E-state index contributed by atoms with van der Waals surface area (Å²) in [5, 5.41) is 74.2. The summed E-state index contributed by atoms with van der Waals surface area (Å²) in [5.74, 6) is -0.00218. The first-order chi connectivity index (χ1) is 64.6. The summed E-state index contributed by atoms with van der Waals surface area (Å²) in [5.41, 5.74) is 7.68. The van der Waals surface area contributed by atoms with Gasteiger partial charge in [-0.3, -0.25) is 57.5 Å². The number of ketones is 12. The molecule has 0 aromatic heterocycles. The van der Waals surface area contributed by atoms with Crippen molar-refractivity contribution in [1.29, 1.82) is 31.6 Å². The molecule has 0 heterocycles. The van der Waals surface area contributed by atoms with E-state index < -0.39 is 0 Å². The van der Waals surface area contributed by atoms with Crippen LogP contribution in [-0.4, -0.2) is 148 Å². The Hall–Kier alpha value is -15.4. The first-order valence-electron chi connectivity index (χ1n) is 39.9. The largest absolute Gasteiger partial charge is 6.00 e. The summed E-state index contributed by atoms with van der Waals surface area (Å²) >= 11 is 0. The number of nitrogens with one attached hydrogen (secondary N) is 12. The normalized spacial score (nSPS) is 17.5. The van der Waals surface area contributed by atoms with Gasteiger partial charge in [-0.05, 0) is 146 Å². The van der Waals surface area contributed by atoms with Gasteiger partial charge < -0.3 is 168 Å². The molecule has 12 aliphatic carbocycles. The van der Waals surface area contributed by atoms with Crippen LogP contribution in [0.5, 0.6) is 0 Å². The monoisotopic (exact) mass is 2260 g/mol. The molecule has 12 rings (SSSR count). The Morgan fingerprint density at radius 2 is 0.193 bits per heavy atom. The maximum atomic E-state index is 11.4. The van der Waals surface area contributed by atoms with Gasteiger partial charge >= 0.3 is 17.1 Å². The van der Waals surface area contributed by atoms with Crippen molar-refractivity contribution in [3.8, 4) is 0 Å². The second-order valence-electron chi connectivity index (χ2n) is 25.6. The third kappa shape index (κ3) is 70.8. The molecule has 43 heteroatoms. The number of carbonyl (C=O) groups excluding carboxylic acids is 12. The first-order valence-corrected chi connectivity index (χ1v) is 39.9. The van der Waals surface area contributed by atoms with Crippen LogP contribution >= 0.6 is 0 Å². The molecule has 30 N–H and O–H groups in total. The number of hydrogen-bond acceptors (Lipinski definition) is 30. The minimum atomic E-state index is -0.000182. The molecule has 6 radical (unpaired) electrons. The Morgan fingerprint density at radius 1 is 0.138 bits per heavy atom. The van der Waals surface area contributed by atoms with E-state index >= 15 is 0 Å². The fraction of sp³-hybridized carbons (Fsp3) is 0.118. The molecule has 0 aliphatic heterocycles. The molecule has 0 saturated heterocycles. The van der Waals surface area contributed by atoms with E-state index in [0.29, 0.717) is 145 Å². The van der Waals surface area contributed by atoms with E-state index in [1.807, 2.05) is 72.9 Å². The molecule has 0 amide bonds. The van der Waals surface area contributed by atoms with Gasteiger partial charge in [0, 0.05) is 322 Å². The van der Waals surface area contributed by atoms with E-state index in [1.54, 1.807) is 220 Å². The van der Waals surface area contributed by atoms with Gasteiger partial charge in [-0.15, -0.1) is 0 Å². The molecule has 0 bridgehead atoms. The fourth-order valence-corrected chi connectivity index (χ4v) is 10.2. The molecule has 0 atom stereocenters. The van der Waals surface area contributed by atoms with Gasteiger partial charge in [0.1, 0.15) is 0 Å². The van der Waals surface area contributed by atoms with Crippen molar-refractivity contribution in [3.63, 3.8) is 0 Å². The van der Waals surface area contributed by atoms with Crippen LogP contribution in [0.4, 0.5) is 0 Å². The predicted molar refractivity (Wildman–Crippen MR) is 532 cm³/mol. The van der Waals surface area contributed by atoms with Crippen LogP contribution in [0.3, 0.4) is 0 Å². The SMILES string of the molecule is O=C1C=CC=CC1=CNCCNC=C1C=CC=CC1=O.O=C1C=CC=CC1=CNCCNC=C1C=CC=CC1=O.O=C1C=CC=CC1=CNCCNC=C1C=CC=CC1=O.O=C1C=CC=CC1=CNCCNC=C1C=CC=CC1=O.O=C1C=CC=CC1=CNCCNC=C1C=CC=CC1=O.O=C1C=CC=CC1=CNCCNC=C1C=CC=CC1=O.[C-]#N.[C-]#N.[C-]#N.[C-]#N.[C-]#N.[C-]#N.[Fe+6].[Mn].[Mn].[Mn].[Mn].[Mn].[Mn].[OH3+].[OH3+].[OH3+].[OH3+].[OH3+].[OH3+]. The maximum absolute atomic E-state index is 11.4. The van der Waals surface area contributed by atoms with Gasteiger partial charge in [-0.1, -0.05) is 146 Å². The minimum absolute atomic E-state index is 0. The summed E-state index contributed by atoms with van der Waals surface area (Å²) in [7, 11) is 0. The minimum Gasteiger partial charge on any atom is -0.512 e. The fourth-order valence-electron chi connectivity index (χ4n) is 10.2. The van der Waals surface area contributed by atoms with Crippen molar-refractivity contribution in [2.24, 2.45) is 0 Å². The molecule has 0 aromatic carbocycles. The molecule has 0 saturated carbocycles. The average molecular weight is 2270 g/mol. The summed E-state index contributed by atoms with van der Waals surface area (Å²) in [6.45, 7) is 36.4. The zero-order chi connectivity index (χ0) is 97.3. The van der Waals surface area contributed by atoms with Gasteiger partial charge in [0.05, 0.1) is 0 Å². The van der Waals surface area contributed by atoms with Crippen LogP contribution in [0.2, 0.25) is 0 Å². The van der Waals surface area contributed by atoms with Gasteiger partial charge in [0.15, 0.2) is 69.4 Å². The van der Waals surface area contributed by atoms with Crippen LogP contribution < -0.4 is 63.8 Å². The van der Waals surface area contributed by atoms with Crippen molar-refractivity contribution in [3.05, 3.63) is 472 Å². The van der Waals surface area contributed by atoms with Crippen LogP contribution in [0.1, 0.15) is 0 Å². The van der Waals surface area contributed by atoms with E-state index in [0.717, 1.165) is 0 Å². The Labute approximate surface area is 918 Å². The first kappa shape index (κ1) is 158. The zero-order valence-electron chi connectivity index (χ0n) is 77.8.